The molecule has 0 unspecified atom stereocenters. The maximum absolute atomic E-state index is 11.8. The lowest BCUT2D eigenvalue weighted by Gasteiger charge is -2.03. The molecule has 0 heterocycles. The number of aromatic hydroxyl groups is 1. The molecule has 0 saturated heterocycles. The number of carbonyl (C=O) groups is 1. The molecule has 0 radical (unpaired) electrons. The van der Waals surface area contributed by atoms with Crippen molar-refractivity contribution in [1.29, 1.82) is 0 Å². The second-order valence-corrected chi connectivity index (χ2v) is 4.65. The average molecular weight is 289 g/mol. The van der Waals surface area contributed by atoms with Crippen LogP contribution in [0.1, 0.15) is 21.5 Å². The minimum Gasteiger partial charge on any atom is -0.507 e. The minimum atomic E-state index is -0.519. The molecule has 1 amide bonds. The lowest BCUT2D eigenvalue weighted by Crippen LogP contribution is -2.17. The number of nitrogens with one attached hydrogen (secondary N) is 1. The average Bonchev–Trinajstić information content (AvgIpc) is 2.43. The number of hydrogen-bond acceptors (Lipinski definition) is 3. The first-order chi connectivity index (χ1) is 9.58. The summed E-state index contributed by atoms with van der Waals surface area (Å²) in [6, 6.07) is 11.9. The van der Waals surface area contributed by atoms with Crippen molar-refractivity contribution in [2.24, 2.45) is 5.10 Å². The maximum atomic E-state index is 11.8. The predicted octanol–water partition coefficient (Wildman–Crippen LogP) is 3.12. The zero-order valence-corrected chi connectivity index (χ0v) is 11.6. The summed E-state index contributed by atoms with van der Waals surface area (Å²) in [5.74, 6) is -0.659. The monoisotopic (exact) mass is 288 g/mol. The van der Waals surface area contributed by atoms with Gasteiger partial charge in [0, 0.05) is 5.02 Å². The van der Waals surface area contributed by atoms with Crippen LogP contribution in [0.3, 0.4) is 0 Å². The summed E-state index contributed by atoms with van der Waals surface area (Å²) in [5, 5.41) is 13.8. The molecule has 2 N–H and O–H groups in total. The standard InChI is InChI=1S/C15H13ClN2O2/c1-10-4-2-3-5-11(10)9-17-18-15(20)13-8-12(16)6-7-14(13)19/h2-9,19H,1H3,(H,18,20). The highest BCUT2D eigenvalue weighted by Gasteiger charge is 2.10. The first kappa shape index (κ1) is 14.1. The first-order valence-electron chi connectivity index (χ1n) is 5.95. The van der Waals surface area contributed by atoms with Crippen molar-refractivity contribution in [3.8, 4) is 5.75 Å². The number of nitrogens with zero attached hydrogens (tertiary/aromatic N) is 1. The summed E-state index contributed by atoms with van der Waals surface area (Å²) in [4.78, 5) is 11.8. The minimum absolute atomic E-state index is 0.0828. The molecule has 0 aliphatic rings. The fraction of sp³-hybridized carbons (Fsp3) is 0.0667. The fourth-order valence-electron chi connectivity index (χ4n) is 1.64. The van der Waals surface area contributed by atoms with Crippen LogP contribution in [-0.2, 0) is 0 Å². The molecule has 0 aromatic heterocycles. The van der Waals surface area contributed by atoms with Gasteiger partial charge < -0.3 is 5.11 Å². The van der Waals surface area contributed by atoms with E-state index >= 15 is 0 Å². The van der Waals surface area contributed by atoms with Crippen molar-refractivity contribution in [1.82, 2.24) is 5.43 Å². The van der Waals surface area contributed by atoms with Crippen LogP contribution in [0.5, 0.6) is 5.75 Å². The van der Waals surface area contributed by atoms with Crippen LogP contribution in [0.2, 0.25) is 5.02 Å². The van der Waals surface area contributed by atoms with Gasteiger partial charge in [-0.25, -0.2) is 5.43 Å². The summed E-state index contributed by atoms with van der Waals surface area (Å²) < 4.78 is 0. The Balaban J connectivity index is 2.09. The van der Waals surface area contributed by atoms with Gasteiger partial charge in [0.25, 0.3) is 5.91 Å². The van der Waals surface area contributed by atoms with Crippen molar-refractivity contribution in [2.45, 2.75) is 6.92 Å². The molecule has 102 valence electrons. The quantitative estimate of drug-likeness (QED) is 0.673. The van der Waals surface area contributed by atoms with Gasteiger partial charge in [-0.05, 0) is 36.2 Å². The molecule has 0 aliphatic carbocycles. The summed E-state index contributed by atoms with van der Waals surface area (Å²) in [6.07, 6.45) is 1.55. The van der Waals surface area contributed by atoms with E-state index in [-0.39, 0.29) is 11.3 Å². The summed E-state index contributed by atoms with van der Waals surface area (Å²) in [6.45, 7) is 1.95. The molecule has 2 rings (SSSR count). The topological polar surface area (TPSA) is 61.7 Å². The molecule has 0 atom stereocenters. The van der Waals surface area contributed by atoms with Crippen molar-refractivity contribution in [3.05, 3.63) is 64.2 Å². The van der Waals surface area contributed by atoms with Crippen molar-refractivity contribution < 1.29 is 9.90 Å². The SMILES string of the molecule is Cc1ccccc1C=NNC(=O)c1cc(Cl)ccc1O. The number of hydrogen-bond donors (Lipinski definition) is 2. The van der Waals surface area contributed by atoms with E-state index in [0.717, 1.165) is 11.1 Å². The molecule has 0 spiro atoms. The van der Waals surface area contributed by atoms with E-state index in [1.165, 1.54) is 18.2 Å². The Morgan fingerprint density at radius 2 is 2.05 bits per heavy atom. The van der Waals surface area contributed by atoms with Crippen LogP contribution in [0.4, 0.5) is 0 Å². The third-order valence-electron chi connectivity index (χ3n) is 2.76. The highest BCUT2D eigenvalue weighted by atomic mass is 35.5. The number of phenols is 1. The Labute approximate surface area is 121 Å². The van der Waals surface area contributed by atoms with Gasteiger partial charge in [0.05, 0.1) is 11.8 Å². The Bertz CT molecular complexity index is 669. The molecule has 4 nitrogen and oxygen atoms in total. The van der Waals surface area contributed by atoms with E-state index < -0.39 is 5.91 Å². The predicted molar refractivity (Wildman–Crippen MR) is 79.4 cm³/mol. The lowest BCUT2D eigenvalue weighted by atomic mass is 10.1. The number of hydrazone groups is 1. The maximum Gasteiger partial charge on any atom is 0.275 e. The van der Waals surface area contributed by atoms with Crippen molar-refractivity contribution >= 4 is 23.7 Å². The second kappa shape index (κ2) is 6.21. The Morgan fingerprint density at radius 3 is 2.80 bits per heavy atom. The Kier molecular flexibility index (Phi) is 4.38. The second-order valence-electron chi connectivity index (χ2n) is 4.22. The number of benzene rings is 2. The zero-order valence-electron chi connectivity index (χ0n) is 10.8. The number of rotatable bonds is 3. The molecule has 0 bridgehead atoms. The molecule has 0 aliphatic heterocycles. The Hall–Kier alpha value is -2.33. The van der Waals surface area contributed by atoms with Gasteiger partial charge in [0.1, 0.15) is 5.75 Å². The van der Waals surface area contributed by atoms with Crippen molar-refractivity contribution in [3.63, 3.8) is 0 Å². The van der Waals surface area contributed by atoms with E-state index in [4.69, 9.17) is 11.6 Å². The van der Waals surface area contributed by atoms with Gasteiger partial charge >= 0.3 is 0 Å². The van der Waals surface area contributed by atoms with Crippen LogP contribution in [0.15, 0.2) is 47.6 Å². The van der Waals surface area contributed by atoms with Gasteiger partial charge in [-0.3, -0.25) is 4.79 Å². The molecule has 0 fully saturated rings. The third kappa shape index (κ3) is 3.36. The molecular weight excluding hydrogens is 276 g/mol. The number of halogens is 1. The smallest absolute Gasteiger partial charge is 0.275 e. The van der Waals surface area contributed by atoms with Gasteiger partial charge in [0.2, 0.25) is 0 Å². The normalized spacial score (nSPS) is 10.7. The fourth-order valence-corrected chi connectivity index (χ4v) is 1.81. The molecule has 0 saturated carbocycles. The lowest BCUT2D eigenvalue weighted by molar-refractivity contribution is 0.0952. The van der Waals surface area contributed by atoms with E-state index in [0.29, 0.717) is 5.02 Å². The number of aryl methyl sites for hydroxylation is 1. The molecule has 5 heteroatoms. The Morgan fingerprint density at radius 1 is 1.30 bits per heavy atom. The summed E-state index contributed by atoms with van der Waals surface area (Å²) in [7, 11) is 0. The molecule has 2 aromatic carbocycles. The highest BCUT2D eigenvalue weighted by Crippen LogP contribution is 2.21. The van der Waals surface area contributed by atoms with E-state index in [1.807, 2.05) is 31.2 Å². The van der Waals surface area contributed by atoms with E-state index in [2.05, 4.69) is 10.5 Å². The number of phenolic OH excluding ortho intramolecular Hbond substituents is 1. The van der Waals surface area contributed by atoms with Crippen molar-refractivity contribution in [2.75, 3.05) is 0 Å². The van der Waals surface area contributed by atoms with E-state index in [9.17, 15) is 9.90 Å². The summed E-state index contributed by atoms with van der Waals surface area (Å²) in [5.41, 5.74) is 4.39. The van der Waals surface area contributed by atoms with Gasteiger partial charge in [0.15, 0.2) is 0 Å². The highest BCUT2D eigenvalue weighted by molar-refractivity contribution is 6.31. The third-order valence-corrected chi connectivity index (χ3v) is 3.00. The van der Waals surface area contributed by atoms with Gasteiger partial charge in [-0.1, -0.05) is 35.9 Å². The number of amides is 1. The molecule has 20 heavy (non-hydrogen) atoms. The molecule has 2 aromatic rings. The number of carbonyl (C=O) groups excluding carboxylic acids is 1. The molecular formula is C15H13ClN2O2. The van der Waals surface area contributed by atoms with Crippen LogP contribution in [-0.4, -0.2) is 17.2 Å². The van der Waals surface area contributed by atoms with Gasteiger partial charge in [-0.15, -0.1) is 0 Å². The van der Waals surface area contributed by atoms with Gasteiger partial charge in [-0.2, -0.15) is 5.10 Å². The zero-order chi connectivity index (χ0) is 14.5. The summed E-state index contributed by atoms with van der Waals surface area (Å²) >= 11 is 5.78. The van der Waals surface area contributed by atoms with Crippen LogP contribution in [0.25, 0.3) is 0 Å². The van der Waals surface area contributed by atoms with Crippen LogP contribution >= 0.6 is 11.6 Å². The largest absolute Gasteiger partial charge is 0.507 e. The first-order valence-corrected chi connectivity index (χ1v) is 6.33. The van der Waals surface area contributed by atoms with E-state index in [1.54, 1.807) is 6.21 Å². The van der Waals surface area contributed by atoms with Crippen LogP contribution in [0, 0.1) is 6.92 Å². The van der Waals surface area contributed by atoms with Crippen LogP contribution < -0.4 is 5.43 Å².